The van der Waals surface area contributed by atoms with Crippen LogP contribution < -0.4 is 26.2 Å². The molecule has 6 heteroatoms. The van der Waals surface area contributed by atoms with Crippen molar-refractivity contribution in [2.45, 2.75) is 157 Å². The summed E-state index contributed by atoms with van der Waals surface area (Å²) >= 11 is 1.90. The Morgan fingerprint density at radius 2 is 0.774 bits per heavy atom. The van der Waals surface area contributed by atoms with Crippen molar-refractivity contribution in [2.24, 2.45) is 0 Å². The van der Waals surface area contributed by atoms with Gasteiger partial charge >= 0.3 is 0 Å². The van der Waals surface area contributed by atoms with Gasteiger partial charge < -0.3 is 18.9 Å². The van der Waals surface area contributed by atoms with Gasteiger partial charge in [-0.05, 0) is 179 Å². The van der Waals surface area contributed by atoms with Gasteiger partial charge in [0.25, 0.3) is 6.71 Å². The van der Waals surface area contributed by atoms with Crippen molar-refractivity contribution in [2.75, 3.05) is 9.80 Å². The number of anilines is 6. The molecule has 3 aromatic heterocycles. The summed E-state index contributed by atoms with van der Waals surface area (Å²) in [6, 6.07) is 61.0. The number of fused-ring (bicyclic) bond motifs is 15. The van der Waals surface area contributed by atoms with Crippen molar-refractivity contribution in [3.8, 4) is 11.4 Å². The maximum Gasteiger partial charge on any atom is 0.252 e. The van der Waals surface area contributed by atoms with Gasteiger partial charge in [-0.2, -0.15) is 0 Å². The number of hydrogen-bond acceptors (Lipinski definition) is 3. The Kier molecular flexibility index (Phi) is 10.8. The summed E-state index contributed by atoms with van der Waals surface area (Å²) in [6.45, 7) is 42.5. The molecule has 84 heavy (non-hydrogen) atoms. The summed E-state index contributed by atoms with van der Waals surface area (Å²) in [4.78, 5) is 5.41. The van der Waals surface area contributed by atoms with Gasteiger partial charge in [-0.25, -0.2) is 0 Å². The van der Waals surface area contributed by atoms with Gasteiger partial charge in [0.2, 0.25) is 0 Å². The SMILES string of the molecule is CC(C)(C)c1cc2c3c(c1)N1c4c(cc(C(C)(C)C)cc4-n4c5ccc(C(C)(C)C)cc5c5cc(C(C)(C)C)cc1c54)B3c1ccc(-n3c4ccc(C(C)(C)C)cc4c4cc(C(C)(C)C)ccc43)cc1N2c1ccc2c(c1)sc1ccccc12. The van der Waals surface area contributed by atoms with E-state index in [9.17, 15) is 0 Å². The number of rotatable bonds is 2. The van der Waals surface area contributed by atoms with E-state index >= 15 is 0 Å². The monoisotopic (exact) mass is 1110 g/mol. The lowest BCUT2D eigenvalue weighted by molar-refractivity contribution is 0.589. The van der Waals surface area contributed by atoms with Crippen molar-refractivity contribution in [3.05, 3.63) is 185 Å². The van der Waals surface area contributed by atoms with Crippen LogP contribution in [0.15, 0.2) is 152 Å². The average Bonchev–Trinajstić information content (AvgIpc) is 1.12. The largest absolute Gasteiger partial charge is 0.311 e. The van der Waals surface area contributed by atoms with E-state index in [0.717, 1.165) is 5.69 Å². The summed E-state index contributed by atoms with van der Waals surface area (Å²) in [5.41, 5.74) is 26.5. The standard InChI is InChI=1S/C78H79BN4S/c1-73(2,3)44-23-30-60-54(33-44)55-34-45(74(4,5)6)24-31-61(55)80(60)50-27-29-58-63(42-50)81(51-26-28-53-52-21-19-20-22-68(52)84-69(53)43-51)64-38-49(78(16,17)18)39-65-70(64)79(58)59-37-48(77(13,14)15)41-67-72(59)83(65)66-40-47(76(10,11)12)36-57-56-35-46(75(7,8)9)25-32-62(56)82(67)71(57)66/h19-43H,1-18H3. The fourth-order valence-corrected chi connectivity index (χ4v) is 15.5. The number of thiophene rings is 1. The lowest BCUT2D eigenvalue weighted by Gasteiger charge is -2.47. The highest BCUT2D eigenvalue weighted by atomic mass is 32.1. The van der Waals surface area contributed by atoms with Crippen LogP contribution >= 0.6 is 11.3 Å². The first kappa shape index (κ1) is 53.2. The summed E-state index contributed by atoms with van der Waals surface area (Å²) in [5, 5.41) is 7.86. The van der Waals surface area contributed by atoms with E-state index in [-0.39, 0.29) is 39.2 Å². The van der Waals surface area contributed by atoms with E-state index in [4.69, 9.17) is 0 Å². The normalized spacial score (nSPS) is 14.5. The molecule has 0 unspecified atom stereocenters. The van der Waals surface area contributed by atoms with Crippen LogP contribution in [-0.4, -0.2) is 15.8 Å². The second kappa shape index (κ2) is 17.1. The maximum absolute atomic E-state index is 2.74. The van der Waals surface area contributed by atoms with Crippen LogP contribution in [0, 0.1) is 0 Å². The Balaban J connectivity index is 1.09. The molecule has 3 aliphatic rings. The predicted octanol–water partition coefficient (Wildman–Crippen LogP) is 20.4. The zero-order valence-corrected chi connectivity index (χ0v) is 53.5. The summed E-state index contributed by atoms with van der Waals surface area (Å²) in [5.74, 6) is 0. The second-order valence-electron chi connectivity index (χ2n) is 31.2. The molecule has 4 nitrogen and oxygen atoms in total. The van der Waals surface area contributed by atoms with Gasteiger partial charge in [-0.3, -0.25) is 0 Å². The first-order valence-electron chi connectivity index (χ1n) is 30.7. The molecular formula is C78H79BN4S. The van der Waals surface area contributed by atoms with E-state index in [2.05, 4.69) is 295 Å². The van der Waals surface area contributed by atoms with Crippen molar-refractivity contribution in [1.29, 1.82) is 0 Å². The van der Waals surface area contributed by atoms with Crippen molar-refractivity contribution >= 4 is 132 Å². The Morgan fingerprint density at radius 1 is 0.310 bits per heavy atom. The van der Waals surface area contributed by atoms with Gasteiger partial charge in [0.1, 0.15) is 0 Å². The van der Waals surface area contributed by atoms with Gasteiger partial charge in [0.05, 0.1) is 39.1 Å². The Morgan fingerprint density at radius 3 is 1.36 bits per heavy atom. The number of aromatic nitrogens is 2. The molecular weight excluding hydrogens is 1040 g/mol. The summed E-state index contributed by atoms with van der Waals surface area (Å²) in [6.07, 6.45) is 0. The minimum Gasteiger partial charge on any atom is -0.311 e. The molecule has 420 valence electrons. The molecule has 3 aliphatic heterocycles. The fraction of sp³-hybridized carbons (Fsp3) is 0.308. The van der Waals surface area contributed by atoms with Gasteiger partial charge in [0.15, 0.2) is 0 Å². The molecule has 0 saturated heterocycles. The highest BCUT2D eigenvalue weighted by molar-refractivity contribution is 7.25. The van der Waals surface area contributed by atoms with E-state index in [1.807, 2.05) is 11.3 Å². The quantitative estimate of drug-likeness (QED) is 0.160. The van der Waals surface area contributed by atoms with Gasteiger partial charge in [-0.15, -0.1) is 11.3 Å². The second-order valence-corrected chi connectivity index (χ2v) is 32.3. The highest BCUT2D eigenvalue weighted by Crippen LogP contribution is 2.56. The van der Waals surface area contributed by atoms with Crippen LogP contribution in [0.25, 0.3) is 75.2 Å². The molecule has 0 amide bonds. The van der Waals surface area contributed by atoms with Crippen molar-refractivity contribution in [1.82, 2.24) is 9.13 Å². The van der Waals surface area contributed by atoms with E-state index in [1.165, 1.54) is 153 Å². The molecule has 9 aromatic carbocycles. The van der Waals surface area contributed by atoms with Crippen LogP contribution in [0.5, 0.6) is 0 Å². The molecule has 0 atom stereocenters. The third-order valence-corrected chi connectivity index (χ3v) is 20.4. The maximum atomic E-state index is 2.74. The summed E-state index contributed by atoms with van der Waals surface area (Å²) in [7, 11) is 0. The first-order chi connectivity index (χ1) is 39.4. The first-order valence-corrected chi connectivity index (χ1v) is 31.5. The lowest BCUT2D eigenvalue weighted by Crippen LogP contribution is -2.62. The van der Waals surface area contributed by atoms with E-state index < -0.39 is 0 Å². The van der Waals surface area contributed by atoms with E-state index in [1.54, 1.807) is 0 Å². The molecule has 6 heterocycles. The molecule has 0 spiro atoms. The zero-order chi connectivity index (χ0) is 59.0. The molecule has 12 aromatic rings. The van der Waals surface area contributed by atoms with Crippen LogP contribution in [0.2, 0.25) is 0 Å². The minimum absolute atomic E-state index is 0.00347. The molecule has 15 rings (SSSR count). The molecule has 0 radical (unpaired) electrons. The molecule has 0 bridgehead atoms. The Bertz CT molecular complexity index is 4790. The van der Waals surface area contributed by atoms with Gasteiger partial charge in [-0.1, -0.05) is 179 Å². The smallest absolute Gasteiger partial charge is 0.252 e. The molecule has 0 saturated carbocycles. The van der Waals surface area contributed by atoms with Crippen LogP contribution in [-0.2, 0) is 32.5 Å². The Labute approximate surface area is 501 Å². The number of nitrogens with zero attached hydrogens (tertiary/aromatic N) is 4. The van der Waals surface area contributed by atoms with Crippen LogP contribution in [0.4, 0.5) is 34.1 Å². The van der Waals surface area contributed by atoms with Crippen molar-refractivity contribution < 1.29 is 0 Å². The number of hydrogen-bond donors (Lipinski definition) is 0. The third kappa shape index (κ3) is 7.70. The van der Waals surface area contributed by atoms with Crippen LogP contribution in [0.1, 0.15) is 158 Å². The third-order valence-electron chi connectivity index (χ3n) is 19.3. The topological polar surface area (TPSA) is 16.3 Å². The van der Waals surface area contributed by atoms with Crippen molar-refractivity contribution in [3.63, 3.8) is 0 Å². The lowest BCUT2D eigenvalue weighted by atomic mass is 9.33. The summed E-state index contributed by atoms with van der Waals surface area (Å²) < 4.78 is 7.84. The molecule has 0 N–H and O–H groups in total. The molecule has 0 fully saturated rings. The Hall–Kier alpha value is -7.54. The predicted molar refractivity (Wildman–Crippen MR) is 368 cm³/mol. The fourth-order valence-electron chi connectivity index (χ4n) is 14.3. The highest BCUT2D eigenvalue weighted by Gasteiger charge is 2.48. The van der Waals surface area contributed by atoms with E-state index in [0.29, 0.717) is 0 Å². The van der Waals surface area contributed by atoms with Crippen LogP contribution in [0.3, 0.4) is 0 Å². The molecule has 0 aliphatic carbocycles. The number of benzene rings is 9. The minimum atomic E-state index is -0.180. The average molecular weight is 1120 g/mol. The van der Waals surface area contributed by atoms with Gasteiger partial charge in [0, 0.05) is 70.2 Å². The zero-order valence-electron chi connectivity index (χ0n) is 52.7.